The van der Waals surface area contributed by atoms with Gasteiger partial charge in [-0.1, -0.05) is 36.4 Å². The number of nitrogens with zero attached hydrogens (tertiary/aromatic N) is 1. The molecule has 2 rings (SSSR count). The van der Waals surface area contributed by atoms with E-state index in [1.807, 2.05) is 38.1 Å². The van der Waals surface area contributed by atoms with Crippen LogP contribution >= 0.6 is 0 Å². The largest absolute Gasteiger partial charge is 0.367 e. The van der Waals surface area contributed by atoms with E-state index in [-0.39, 0.29) is 12.2 Å². The normalized spacial score (nSPS) is 23.2. The maximum absolute atomic E-state index is 13.0. The van der Waals surface area contributed by atoms with Crippen LogP contribution in [0.4, 0.5) is 4.39 Å². The van der Waals surface area contributed by atoms with Gasteiger partial charge < -0.3 is 9.64 Å². The average molecular weight is 263 g/mol. The molecule has 1 aliphatic rings. The number of hydrogen-bond acceptors (Lipinski definition) is 2. The minimum atomic E-state index is -0.920. The van der Waals surface area contributed by atoms with Crippen LogP contribution in [0.5, 0.6) is 0 Å². The van der Waals surface area contributed by atoms with Crippen LogP contribution < -0.4 is 0 Å². The molecular weight excluding hydrogens is 245 g/mol. The van der Waals surface area contributed by atoms with Crippen molar-refractivity contribution in [1.29, 1.82) is 0 Å². The molecule has 0 radical (unpaired) electrons. The maximum atomic E-state index is 13.0. The van der Waals surface area contributed by atoms with E-state index >= 15 is 0 Å². The zero-order chi connectivity index (χ0) is 14.0. The van der Waals surface area contributed by atoms with Gasteiger partial charge in [-0.2, -0.15) is 0 Å². The number of amides is 1. The Morgan fingerprint density at radius 2 is 2.00 bits per heavy atom. The number of carbonyl (C=O) groups is 1. The van der Waals surface area contributed by atoms with Crippen molar-refractivity contribution >= 4 is 5.91 Å². The van der Waals surface area contributed by atoms with Gasteiger partial charge in [0.25, 0.3) is 5.91 Å². The SMILES string of the molecule is C=C(F)C(=O)N1CC(C)OC(c2ccc(C)cc2)C1. The van der Waals surface area contributed by atoms with E-state index in [2.05, 4.69) is 6.58 Å². The molecule has 3 nitrogen and oxygen atoms in total. The minimum absolute atomic E-state index is 0.122. The van der Waals surface area contributed by atoms with Gasteiger partial charge in [-0.3, -0.25) is 4.79 Å². The second kappa shape index (κ2) is 5.53. The number of hydrogen-bond donors (Lipinski definition) is 0. The third kappa shape index (κ3) is 3.20. The monoisotopic (exact) mass is 263 g/mol. The van der Waals surface area contributed by atoms with Crippen molar-refractivity contribution in [3.63, 3.8) is 0 Å². The lowest BCUT2D eigenvalue weighted by Gasteiger charge is -2.36. The van der Waals surface area contributed by atoms with Crippen molar-refractivity contribution in [3.8, 4) is 0 Å². The Morgan fingerprint density at radius 1 is 1.37 bits per heavy atom. The molecule has 0 N–H and O–H groups in total. The average Bonchev–Trinajstić information content (AvgIpc) is 2.37. The molecule has 0 aliphatic carbocycles. The van der Waals surface area contributed by atoms with Gasteiger partial charge in [0.2, 0.25) is 0 Å². The predicted molar refractivity (Wildman–Crippen MR) is 71.3 cm³/mol. The molecule has 1 aliphatic heterocycles. The summed E-state index contributed by atoms with van der Waals surface area (Å²) in [4.78, 5) is 13.1. The minimum Gasteiger partial charge on any atom is -0.367 e. The number of carbonyl (C=O) groups excluding carboxylic acids is 1. The molecule has 2 unspecified atom stereocenters. The van der Waals surface area contributed by atoms with Crippen molar-refractivity contribution in [2.45, 2.75) is 26.1 Å². The van der Waals surface area contributed by atoms with E-state index in [0.29, 0.717) is 13.1 Å². The Morgan fingerprint density at radius 3 is 2.58 bits per heavy atom. The van der Waals surface area contributed by atoms with E-state index in [0.717, 1.165) is 11.1 Å². The molecule has 0 aromatic heterocycles. The molecular formula is C15H18FNO2. The summed E-state index contributed by atoms with van der Waals surface area (Å²) in [5.41, 5.74) is 2.16. The van der Waals surface area contributed by atoms with Gasteiger partial charge in [0.05, 0.1) is 12.6 Å². The summed E-state index contributed by atoms with van der Waals surface area (Å²) in [6.07, 6.45) is -0.337. The van der Waals surface area contributed by atoms with Crippen molar-refractivity contribution in [1.82, 2.24) is 4.90 Å². The smallest absolute Gasteiger partial charge is 0.282 e. The third-order valence-corrected chi connectivity index (χ3v) is 3.23. The number of ether oxygens (including phenoxy) is 1. The van der Waals surface area contributed by atoms with Gasteiger partial charge in [0.1, 0.15) is 6.10 Å². The van der Waals surface area contributed by atoms with Crippen molar-refractivity contribution in [2.24, 2.45) is 0 Å². The number of benzene rings is 1. The number of morpholine rings is 1. The molecule has 0 saturated carbocycles. The Labute approximate surface area is 112 Å². The second-order valence-electron chi connectivity index (χ2n) is 4.96. The van der Waals surface area contributed by atoms with Gasteiger partial charge in [0, 0.05) is 6.54 Å². The fourth-order valence-electron chi connectivity index (χ4n) is 2.25. The summed E-state index contributed by atoms with van der Waals surface area (Å²) in [6.45, 7) is 7.70. The fourth-order valence-corrected chi connectivity index (χ4v) is 2.25. The molecule has 1 heterocycles. The van der Waals surface area contributed by atoms with Gasteiger partial charge in [-0.25, -0.2) is 4.39 Å². The summed E-state index contributed by atoms with van der Waals surface area (Å²) in [5.74, 6) is -1.57. The van der Waals surface area contributed by atoms with Crippen LogP contribution in [0.3, 0.4) is 0 Å². The maximum Gasteiger partial charge on any atom is 0.282 e. The lowest BCUT2D eigenvalue weighted by atomic mass is 10.0. The zero-order valence-electron chi connectivity index (χ0n) is 11.2. The lowest BCUT2D eigenvalue weighted by molar-refractivity contribution is -0.142. The Kier molecular flexibility index (Phi) is 4.00. The molecule has 0 spiro atoms. The summed E-state index contributed by atoms with van der Waals surface area (Å²) >= 11 is 0. The molecule has 0 bridgehead atoms. The zero-order valence-corrected chi connectivity index (χ0v) is 11.2. The molecule has 1 aromatic rings. The van der Waals surface area contributed by atoms with Crippen LogP contribution in [0.25, 0.3) is 0 Å². The van der Waals surface area contributed by atoms with Crippen LogP contribution in [0.1, 0.15) is 24.2 Å². The Hall–Kier alpha value is -1.68. The summed E-state index contributed by atoms with van der Waals surface area (Å²) in [7, 11) is 0. The lowest BCUT2D eigenvalue weighted by Crippen LogP contribution is -2.46. The molecule has 1 amide bonds. The second-order valence-corrected chi connectivity index (χ2v) is 4.96. The van der Waals surface area contributed by atoms with Crippen molar-refractivity contribution in [3.05, 3.63) is 47.8 Å². The Bertz CT molecular complexity index is 483. The van der Waals surface area contributed by atoms with E-state index in [1.165, 1.54) is 4.90 Å². The Balaban J connectivity index is 2.16. The van der Waals surface area contributed by atoms with Crippen LogP contribution in [-0.4, -0.2) is 30.0 Å². The first-order chi connectivity index (χ1) is 8.97. The third-order valence-electron chi connectivity index (χ3n) is 3.23. The van der Waals surface area contributed by atoms with Gasteiger partial charge in [0.15, 0.2) is 5.83 Å². The number of aryl methyl sites for hydroxylation is 1. The van der Waals surface area contributed by atoms with Gasteiger partial charge in [-0.15, -0.1) is 0 Å². The van der Waals surface area contributed by atoms with E-state index in [4.69, 9.17) is 4.74 Å². The van der Waals surface area contributed by atoms with E-state index < -0.39 is 11.7 Å². The molecule has 2 atom stereocenters. The first kappa shape index (κ1) is 13.7. The fraction of sp³-hybridized carbons (Fsp3) is 0.400. The summed E-state index contributed by atoms with van der Waals surface area (Å²) in [5, 5.41) is 0. The first-order valence-corrected chi connectivity index (χ1v) is 6.33. The van der Waals surface area contributed by atoms with Crippen LogP contribution in [0, 0.1) is 6.92 Å². The van der Waals surface area contributed by atoms with Gasteiger partial charge >= 0.3 is 0 Å². The molecule has 1 aromatic carbocycles. The summed E-state index contributed by atoms with van der Waals surface area (Å²) < 4.78 is 18.8. The quantitative estimate of drug-likeness (QED) is 0.768. The van der Waals surface area contributed by atoms with Crippen LogP contribution in [-0.2, 0) is 9.53 Å². The highest BCUT2D eigenvalue weighted by molar-refractivity contribution is 5.90. The highest BCUT2D eigenvalue weighted by Crippen LogP contribution is 2.26. The van der Waals surface area contributed by atoms with E-state index in [1.54, 1.807) is 0 Å². The van der Waals surface area contributed by atoms with Crippen LogP contribution in [0.15, 0.2) is 36.7 Å². The molecule has 1 saturated heterocycles. The predicted octanol–water partition coefficient (Wildman–Crippen LogP) is 2.77. The first-order valence-electron chi connectivity index (χ1n) is 6.33. The number of halogens is 1. The highest BCUT2D eigenvalue weighted by atomic mass is 19.1. The molecule has 102 valence electrons. The van der Waals surface area contributed by atoms with Gasteiger partial charge in [-0.05, 0) is 19.4 Å². The highest BCUT2D eigenvalue weighted by Gasteiger charge is 2.30. The molecule has 19 heavy (non-hydrogen) atoms. The molecule has 1 fully saturated rings. The standard InChI is InChI=1S/C15H18FNO2/c1-10-4-6-13(7-5-10)14-9-17(8-11(2)19-14)15(18)12(3)16/h4-7,11,14H,3,8-9H2,1-2H3. The molecule has 4 heteroatoms. The van der Waals surface area contributed by atoms with E-state index in [9.17, 15) is 9.18 Å². The van der Waals surface area contributed by atoms with Crippen molar-refractivity contribution in [2.75, 3.05) is 13.1 Å². The topological polar surface area (TPSA) is 29.5 Å². The van der Waals surface area contributed by atoms with Crippen molar-refractivity contribution < 1.29 is 13.9 Å². The number of rotatable bonds is 2. The summed E-state index contributed by atoms with van der Waals surface area (Å²) in [6, 6.07) is 7.95. The van der Waals surface area contributed by atoms with Crippen LogP contribution in [0.2, 0.25) is 0 Å².